The van der Waals surface area contributed by atoms with Gasteiger partial charge in [0.05, 0.1) is 12.7 Å². The summed E-state index contributed by atoms with van der Waals surface area (Å²) < 4.78 is 19.9. The molecule has 1 heterocycles. The molecule has 3 N–H and O–H groups in total. The van der Waals surface area contributed by atoms with Gasteiger partial charge in [0, 0.05) is 0 Å². The number of ether oxygens (including phenoxy) is 1. The van der Waals surface area contributed by atoms with E-state index in [2.05, 4.69) is 4.52 Å². The number of aliphatic hydroxyl groups is 2. The highest BCUT2D eigenvalue weighted by Crippen LogP contribution is 2.36. The molecule has 0 aromatic heterocycles. The summed E-state index contributed by atoms with van der Waals surface area (Å²) in [5.74, 6) is 0. The molecule has 8 heteroatoms. The molecule has 0 aromatic carbocycles. The molecule has 1 fully saturated rings. The van der Waals surface area contributed by atoms with Gasteiger partial charge in [-0.15, -0.1) is 0 Å². The van der Waals surface area contributed by atoms with Crippen LogP contribution in [0.25, 0.3) is 0 Å². The van der Waals surface area contributed by atoms with Crippen molar-refractivity contribution in [1.29, 1.82) is 0 Å². The second-order valence-corrected chi connectivity index (χ2v) is 6.40. The van der Waals surface area contributed by atoms with Gasteiger partial charge in [-0.1, -0.05) is 20.8 Å². The molecule has 1 aliphatic rings. The summed E-state index contributed by atoms with van der Waals surface area (Å²) >= 11 is 0. The van der Waals surface area contributed by atoms with Crippen molar-refractivity contribution in [3.63, 3.8) is 0 Å². The van der Waals surface area contributed by atoms with E-state index in [-0.39, 0.29) is 0 Å². The maximum absolute atomic E-state index is 10.4. The molecule has 0 spiro atoms. The van der Waals surface area contributed by atoms with Crippen molar-refractivity contribution in [1.82, 2.24) is 0 Å². The minimum atomic E-state index is -4.85. The van der Waals surface area contributed by atoms with Gasteiger partial charge in [-0.25, -0.2) is 0 Å². The number of phosphoric ester groups is 1. The van der Waals surface area contributed by atoms with E-state index in [0.29, 0.717) is 0 Å². The lowest BCUT2D eigenvalue weighted by atomic mass is 9.85. The van der Waals surface area contributed by atoms with Crippen LogP contribution in [0.15, 0.2) is 0 Å². The van der Waals surface area contributed by atoms with E-state index in [1.807, 2.05) is 20.8 Å². The SMILES string of the molecule is CC(C)(C)C1OC(COP(=O)([O-])O)C(O)C1O. The van der Waals surface area contributed by atoms with Crippen molar-refractivity contribution in [3.05, 3.63) is 0 Å². The summed E-state index contributed by atoms with van der Waals surface area (Å²) in [5, 5.41) is 19.4. The van der Waals surface area contributed by atoms with Crippen LogP contribution in [0, 0.1) is 5.41 Å². The highest BCUT2D eigenvalue weighted by molar-refractivity contribution is 7.44. The summed E-state index contributed by atoms with van der Waals surface area (Å²) in [4.78, 5) is 18.9. The number of rotatable bonds is 3. The molecule has 1 saturated heterocycles. The summed E-state index contributed by atoms with van der Waals surface area (Å²) in [5.41, 5.74) is -0.407. The van der Waals surface area contributed by atoms with Crippen LogP contribution in [0.5, 0.6) is 0 Å². The van der Waals surface area contributed by atoms with Crippen LogP contribution in [0.4, 0.5) is 0 Å². The molecule has 0 radical (unpaired) electrons. The van der Waals surface area contributed by atoms with E-state index in [1.54, 1.807) is 0 Å². The summed E-state index contributed by atoms with van der Waals surface area (Å²) in [6.45, 7) is 4.94. The van der Waals surface area contributed by atoms with E-state index in [0.717, 1.165) is 0 Å². The molecule has 17 heavy (non-hydrogen) atoms. The second-order valence-electron chi connectivity index (χ2n) is 5.21. The zero-order valence-corrected chi connectivity index (χ0v) is 10.8. The van der Waals surface area contributed by atoms with Gasteiger partial charge in [-0.05, 0) is 5.41 Å². The third-order valence-electron chi connectivity index (χ3n) is 2.62. The molecule has 0 aromatic rings. The van der Waals surface area contributed by atoms with Gasteiger partial charge < -0.3 is 29.3 Å². The van der Waals surface area contributed by atoms with E-state index < -0.39 is 44.3 Å². The van der Waals surface area contributed by atoms with Crippen molar-refractivity contribution in [2.45, 2.75) is 45.2 Å². The van der Waals surface area contributed by atoms with Gasteiger partial charge in [-0.2, -0.15) is 0 Å². The first kappa shape index (κ1) is 15.0. The Kier molecular flexibility index (Phi) is 4.37. The number of hydrogen-bond donors (Lipinski definition) is 3. The van der Waals surface area contributed by atoms with Crippen LogP contribution in [0.2, 0.25) is 0 Å². The lowest BCUT2D eigenvalue weighted by Gasteiger charge is -2.28. The van der Waals surface area contributed by atoms with E-state index in [4.69, 9.17) is 9.63 Å². The number of hydrogen-bond acceptors (Lipinski definition) is 6. The van der Waals surface area contributed by atoms with Gasteiger partial charge >= 0.3 is 0 Å². The van der Waals surface area contributed by atoms with Gasteiger partial charge in [0.25, 0.3) is 7.82 Å². The topological polar surface area (TPSA) is 119 Å². The first-order chi connectivity index (χ1) is 7.52. The normalized spacial score (nSPS) is 38.1. The molecule has 5 atom stereocenters. The molecular formula is C9H18O7P-. The molecule has 7 nitrogen and oxygen atoms in total. The maximum atomic E-state index is 10.4. The van der Waals surface area contributed by atoms with Crippen molar-refractivity contribution < 1.29 is 33.8 Å². The fourth-order valence-electron chi connectivity index (χ4n) is 1.77. The van der Waals surface area contributed by atoms with Crippen LogP contribution in [-0.2, 0) is 13.8 Å². The number of aliphatic hydroxyl groups excluding tert-OH is 2. The highest BCUT2D eigenvalue weighted by Gasteiger charge is 2.47. The average Bonchev–Trinajstić information content (AvgIpc) is 2.39. The van der Waals surface area contributed by atoms with Gasteiger partial charge in [0.1, 0.15) is 18.3 Å². The van der Waals surface area contributed by atoms with E-state index in [1.165, 1.54) is 0 Å². The van der Waals surface area contributed by atoms with Crippen molar-refractivity contribution in [3.8, 4) is 0 Å². The largest absolute Gasteiger partial charge is 0.756 e. The fourth-order valence-corrected chi connectivity index (χ4v) is 2.11. The molecule has 0 amide bonds. The molecular weight excluding hydrogens is 251 g/mol. The Balaban J connectivity index is 2.63. The predicted octanol–water partition coefficient (Wildman–Crippen LogP) is -1.00. The minimum absolute atomic E-state index is 0.407. The molecule has 0 bridgehead atoms. The zero-order valence-electron chi connectivity index (χ0n) is 9.94. The fraction of sp³-hybridized carbons (Fsp3) is 1.00. The summed E-state index contributed by atoms with van der Waals surface area (Å²) in [7, 11) is -4.85. The Bertz CT molecular complexity index is 307. The third-order valence-corrected chi connectivity index (χ3v) is 3.09. The molecule has 1 rings (SSSR count). The number of phosphoric acid groups is 1. The third kappa shape index (κ3) is 3.99. The molecule has 1 aliphatic heterocycles. The predicted molar refractivity (Wildman–Crippen MR) is 55.9 cm³/mol. The van der Waals surface area contributed by atoms with Gasteiger partial charge in [0.2, 0.25) is 0 Å². The Labute approximate surface area is 99.6 Å². The maximum Gasteiger partial charge on any atom is 0.265 e. The van der Waals surface area contributed by atoms with Crippen LogP contribution in [0.3, 0.4) is 0 Å². The van der Waals surface area contributed by atoms with E-state index in [9.17, 15) is 19.7 Å². The zero-order chi connectivity index (χ0) is 13.4. The summed E-state index contributed by atoms with van der Waals surface area (Å²) in [6, 6.07) is 0. The average molecular weight is 269 g/mol. The monoisotopic (exact) mass is 269 g/mol. The summed E-state index contributed by atoms with van der Waals surface area (Å²) in [6.07, 6.45) is -3.97. The lowest BCUT2D eigenvalue weighted by molar-refractivity contribution is -0.222. The van der Waals surface area contributed by atoms with Crippen LogP contribution in [0.1, 0.15) is 20.8 Å². The lowest BCUT2D eigenvalue weighted by Crippen LogP contribution is -2.39. The quantitative estimate of drug-likeness (QED) is 0.562. The van der Waals surface area contributed by atoms with Crippen LogP contribution in [-0.4, -0.2) is 46.1 Å². The second kappa shape index (κ2) is 4.93. The van der Waals surface area contributed by atoms with Crippen LogP contribution >= 0.6 is 7.82 Å². The van der Waals surface area contributed by atoms with Crippen LogP contribution < -0.4 is 4.89 Å². The Hall–Kier alpha value is -0.0100. The Morgan fingerprint density at radius 1 is 1.35 bits per heavy atom. The van der Waals surface area contributed by atoms with Crippen molar-refractivity contribution in [2.75, 3.05) is 6.61 Å². The Morgan fingerprint density at radius 2 is 1.88 bits per heavy atom. The molecule has 102 valence electrons. The first-order valence-electron chi connectivity index (χ1n) is 5.22. The Morgan fingerprint density at radius 3 is 2.24 bits per heavy atom. The standard InChI is InChI=1S/C9H19O7P/c1-9(2,3)8-7(11)6(10)5(16-8)4-15-17(12,13)14/h5-8,10-11H,4H2,1-3H3,(H2,12,13,14)/p-1. The first-order valence-corrected chi connectivity index (χ1v) is 6.72. The van der Waals surface area contributed by atoms with Crippen molar-refractivity contribution in [2.24, 2.45) is 5.41 Å². The molecule has 5 unspecified atom stereocenters. The van der Waals surface area contributed by atoms with Gasteiger partial charge in [-0.3, -0.25) is 4.57 Å². The smallest absolute Gasteiger partial charge is 0.265 e. The van der Waals surface area contributed by atoms with Crippen molar-refractivity contribution >= 4 is 7.82 Å². The van der Waals surface area contributed by atoms with Gasteiger partial charge in [0.15, 0.2) is 0 Å². The minimum Gasteiger partial charge on any atom is -0.756 e. The van der Waals surface area contributed by atoms with E-state index >= 15 is 0 Å². The molecule has 0 saturated carbocycles. The molecule has 0 aliphatic carbocycles. The highest BCUT2D eigenvalue weighted by atomic mass is 31.2.